The molecule has 1 fully saturated rings. The Morgan fingerprint density at radius 3 is 2.78 bits per heavy atom. The van der Waals surface area contributed by atoms with E-state index < -0.39 is 0 Å². The second kappa shape index (κ2) is 11.5. The van der Waals surface area contributed by atoms with Gasteiger partial charge in [-0.25, -0.2) is 4.99 Å². The second-order valence-corrected chi connectivity index (χ2v) is 11.4. The predicted molar refractivity (Wildman–Crippen MR) is 150 cm³/mol. The zero-order valence-electron chi connectivity index (χ0n) is 22.3. The summed E-state index contributed by atoms with van der Waals surface area (Å²) in [7, 11) is 0. The second-order valence-electron chi connectivity index (χ2n) is 11.4. The molecule has 2 heterocycles. The van der Waals surface area contributed by atoms with Gasteiger partial charge in [-0.1, -0.05) is 26.8 Å². The number of benzene rings is 1. The minimum absolute atomic E-state index is 0.0442. The topological polar surface area (TPSA) is 73.1 Å². The molecule has 192 valence electrons. The van der Waals surface area contributed by atoms with Crippen LogP contribution in [-0.2, 0) is 18.4 Å². The van der Waals surface area contributed by atoms with Crippen molar-refractivity contribution in [1.82, 2.24) is 9.88 Å². The van der Waals surface area contributed by atoms with E-state index in [4.69, 9.17) is 4.99 Å². The average molecular weight is 488 g/mol. The van der Waals surface area contributed by atoms with Gasteiger partial charge in [0.05, 0.1) is 11.8 Å². The van der Waals surface area contributed by atoms with Crippen LogP contribution >= 0.6 is 0 Å². The standard InChI is InChI=1S/C30H41N5O/c1-21(19-31-5)29(34-26-10-13-32-28(18-26)30(2,3)4)33-25-8-7-24-20-35(15-12-23(24)17-25)14-11-22-6-9-27(36)16-22/h7-8,10,13,17-19,22,27,36H,5-6,9,11-12,14-16,20H2,1-4H3,(H,32,33,34)/b21-19-. The number of aliphatic imine (C=N–C) groups is 2. The van der Waals surface area contributed by atoms with Gasteiger partial charge in [-0.2, -0.15) is 0 Å². The van der Waals surface area contributed by atoms with E-state index in [0.29, 0.717) is 5.92 Å². The maximum Gasteiger partial charge on any atom is 0.135 e. The molecule has 36 heavy (non-hydrogen) atoms. The number of anilines is 1. The van der Waals surface area contributed by atoms with Crippen LogP contribution in [0, 0.1) is 5.92 Å². The molecule has 0 amide bonds. The van der Waals surface area contributed by atoms with Crippen molar-refractivity contribution in [2.45, 2.75) is 77.9 Å². The highest BCUT2D eigenvalue weighted by Gasteiger charge is 2.24. The molecule has 2 N–H and O–H groups in total. The van der Waals surface area contributed by atoms with Gasteiger partial charge in [-0.3, -0.25) is 14.9 Å². The maximum atomic E-state index is 9.80. The summed E-state index contributed by atoms with van der Waals surface area (Å²) in [5.74, 6) is 1.44. The fourth-order valence-corrected chi connectivity index (χ4v) is 5.13. The fourth-order valence-electron chi connectivity index (χ4n) is 5.13. The molecule has 6 heteroatoms. The molecular formula is C30H41N5O. The van der Waals surface area contributed by atoms with E-state index in [2.05, 4.69) is 65.9 Å². The van der Waals surface area contributed by atoms with Crippen LogP contribution in [0.5, 0.6) is 0 Å². The molecular weight excluding hydrogens is 446 g/mol. The highest BCUT2D eigenvalue weighted by Crippen LogP contribution is 2.30. The molecule has 2 aromatic rings. The lowest BCUT2D eigenvalue weighted by atomic mass is 9.91. The van der Waals surface area contributed by atoms with Gasteiger partial charge in [0, 0.05) is 47.9 Å². The van der Waals surface area contributed by atoms with Gasteiger partial charge in [0.1, 0.15) is 5.84 Å². The summed E-state index contributed by atoms with van der Waals surface area (Å²) in [5, 5.41) is 13.3. The molecule has 6 nitrogen and oxygen atoms in total. The molecule has 0 saturated heterocycles. The lowest BCUT2D eigenvalue weighted by Gasteiger charge is -2.30. The van der Waals surface area contributed by atoms with Crippen molar-refractivity contribution in [3.05, 3.63) is 65.1 Å². The van der Waals surface area contributed by atoms with Crippen LogP contribution in [0.3, 0.4) is 0 Å². The Hall–Kier alpha value is -2.83. The van der Waals surface area contributed by atoms with Crippen LogP contribution in [0.15, 0.2) is 58.3 Å². The number of hydrogen-bond acceptors (Lipinski definition) is 5. The number of aromatic nitrogens is 1. The van der Waals surface area contributed by atoms with Gasteiger partial charge >= 0.3 is 0 Å². The van der Waals surface area contributed by atoms with Gasteiger partial charge in [0.25, 0.3) is 0 Å². The molecule has 4 rings (SSSR count). The number of aliphatic hydroxyl groups is 1. The van der Waals surface area contributed by atoms with E-state index in [9.17, 15) is 5.11 Å². The Kier molecular flexibility index (Phi) is 8.37. The smallest absolute Gasteiger partial charge is 0.135 e. The largest absolute Gasteiger partial charge is 0.393 e. The Labute approximate surface area is 216 Å². The van der Waals surface area contributed by atoms with Crippen LogP contribution in [0.2, 0.25) is 0 Å². The summed E-state index contributed by atoms with van der Waals surface area (Å²) in [4.78, 5) is 16.0. The minimum Gasteiger partial charge on any atom is -0.393 e. The molecule has 0 radical (unpaired) electrons. The number of hydrogen-bond donors (Lipinski definition) is 2. The van der Waals surface area contributed by atoms with E-state index in [-0.39, 0.29) is 11.5 Å². The Morgan fingerprint density at radius 2 is 2.06 bits per heavy atom. The Morgan fingerprint density at radius 1 is 1.22 bits per heavy atom. The molecule has 2 atom stereocenters. The number of amidine groups is 1. The molecule has 1 saturated carbocycles. The van der Waals surface area contributed by atoms with Crippen LogP contribution < -0.4 is 5.32 Å². The van der Waals surface area contributed by atoms with E-state index >= 15 is 0 Å². The van der Waals surface area contributed by atoms with Crippen molar-refractivity contribution >= 4 is 23.9 Å². The van der Waals surface area contributed by atoms with Gasteiger partial charge in [0.15, 0.2) is 0 Å². The third kappa shape index (κ3) is 6.89. The predicted octanol–water partition coefficient (Wildman–Crippen LogP) is 6.03. The lowest BCUT2D eigenvalue weighted by molar-refractivity contribution is 0.173. The summed E-state index contributed by atoms with van der Waals surface area (Å²) < 4.78 is 0. The number of rotatable bonds is 7. The van der Waals surface area contributed by atoms with Gasteiger partial charge in [-0.15, -0.1) is 0 Å². The molecule has 1 aromatic carbocycles. The van der Waals surface area contributed by atoms with Crippen molar-refractivity contribution < 1.29 is 5.11 Å². The van der Waals surface area contributed by atoms with Crippen LogP contribution in [0.25, 0.3) is 0 Å². The highest BCUT2D eigenvalue weighted by molar-refractivity contribution is 6.08. The van der Waals surface area contributed by atoms with E-state index in [1.54, 1.807) is 6.20 Å². The Bertz CT molecular complexity index is 1130. The van der Waals surface area contributed by atoms with Gasteiger partial charge in [-0.05, 0) is 93.6 Å². The van der Waals surface area contributed by atoms with E-state index in [0.717, 1.165) is 67.4 Å². The van der Waals surface area contributed by atoms with Gasteiger partial charge < -0.3 is 10.4 Å². The molecule has 2 aliphatic rings. The molecule has 1 aliphatic carbocycles. The van der Waals surface area contributed by atoms with Crippen LogP contribution in [-0.4, -0.2) is 46.7 Å². The summed E-state index contributed by atoms with van der Waals surface area (Å²) in [6.45, 7) is 15.3. The van der Waals surface area contributed by atoms with Crippen molar-refractivity contribution in [2.75, 3.05) is 18.4 Å². The first-order valence-corrected chi connectivity index (χ1v) is 13.2. The number of nitrogens with one attached hydrogen (secondary N) is 1. The number of fused-ring (bicyclic) bond motifs is 1. The third-order valence-electron chi connectivity index (χ3n) is 7.34. The van der Waals surface area contributed by atoms with E-state index in [1.165, 1.54) is 24.0 Å². The summed E-state index contributed by atoms with van der Waals surface area (Å²) in [5.41, 5.74) is 6.57. The number of aliphatic hydroxyl groups excluding tert-OH is 1. The first-order valence-electron chi connectivity index (χ1n) is 13.2. The molecule has 0 spiro atoms. The minimum atomic E-state index is -0.0729. The van der Waals surface area contributed by atoms with Gasteiger partial charge in [0.2, 0.25) is 0 Å². The van der Waals surface area contributed by atoms with Crippen molar-refractivity contribution in [3.63, 3.8) is 0 Å². The lowest BCUT2D eigenvalue weighted by Crippen LogP contribution is -2.32. The zero-order valence-corrected chi connectivity index (χ0v) is 22.3. The highest BCUT2D eigenvalue weighted by atomic mass is 16.3. The fraction of sp³-hybridized carbons (Fsp3) is 0.500. The number of nitrogens with zero attached hydrogens (tertiary/aromatic N) is 4. The first kappa shape index (κ1) is 26.2. The monoisotopic (exact) mass is 487 g/mol. The zero-order chi connectivity index (χ0) is 25.7. The third-order valence-corrected chi connectivity index (χ3v) is 7.34. The van der Waals surface area contributed by atoms with Crippen molar-refractivity contribution in [1.29, 1.82) is 0 Å². The molecule has 1 aromatic heterocycles. The SMILES string of the molecule is C=N/C=C(/C)C(=Nc1ccnc(C(C)(C)C)c1)Nc1ccc2c(c1)CCN(CCC1CCC(O)C1)C2. The Balaban J connectivity index is 1.47. The quantitative estimate of drug-likeness (QED) is 0.369. The first-order chi connectivity index (χ1) is 17.2. The maximum absolute atomic E-state index is 9.80. The molecule has 0 bridgehead atoms. The van der Waals surface area contributed by atoms with Crippen LogP contribution in [0.4, 0.5) is 11.4 Å². The normalized spacial score (nSPS) is 21.4. The van der Waals surface area contributed by atoms with E-state index in [1.807, 2.05) is 25.3 Å². The number of pyridine rings is 1. The molecule has 2 unspecified atom stereocenters. The van der Waals surface area contributed by atoms with Crippen molar-refractivity contribution in [3.8, 4) is 0 Å². The van der Waals surface area contributed by atoms with Crippen LogP contribution in [0.1, 0.15) is 70.2 Å². The molecule has 1 aliphatic heterocycles. The summed E-state index contributed by atoms with van der Waals surface area (Å²) in [6.07, 6.45) is 8.86. The summed E-state index contributed by atoms with van der Waals surface area (Å²) >= 11 is 0. The van der Waals surface area contributed by atoms with Crippen molar-refractivity contribution in [2.24, 2.45) is 15.9 Å². The summed E-state index contributed by atoms with van der Waals surface area (Å²) in [6, 6.07) is 10.6. The average Bonchev–Trinajstić information content (AvgIpc) is 3.27.